The van der Waals surface area contributed by atoms with Gasteiger partial charge in [-0.25, -0.2) is 13.8 Å². The predicted octanol–water partition coefficient (Wildman–Crippen LogP) is 4.60. The number of halogens is 4. The zero-order valence-electron chi connectivity index (χ0n) is 12.6. The van der Waals surface area contributed by atoms with E-state index in [9.17, 15) is 8.78 Å². The highest BCUT2D eigenvalue weighted by molar-refractivity contribution is 6.35. The molecule has 0 atom stereocenters. The third-order valence-electron chi connectivity index (χ3n) is 3.28. The van der Waals surface area contributed by atoms with E-state index in [4.69, 9.17) is 32.7 Å². The van der Waals surface area contributed by atoms with Gasteiger partial charge in [-0.05, 0) is 6.92 Å². The quantitative estimate of drug-likeness (QED) is 0.789. The molecule has 0 amide bonds. The fourth-order valence-electron chi connectivity index (χ4n) is 1.97. The summed E-state index contributed by atoms with van der Waals surface area (Å²) in [5.74, 6) is -1.99. The molecule has 23 heavy (non-hydrogen) atoms. The Morgan fingerprint density at radius 3 is 2.22 bits per heavy atom. The summed E-state index contributed by atoms with van der Waals surface area (Å²) in [5.41, 5.74) is 0.774. The van der Waals surface area contributed by atoms with Crippen molar-refractivity contribution < 1.29 is 18.3 Å². The van der Waals surface area contributed by atoms with Crippen LogP contribution in [0, 0.1) is 18.6 Å². The van der Waals surface area contributed by atoms with E-state index in [0.29, 0.717) is 16.1 Å². The van der Waals surface area contributed by atoms with E-state index >= 15 is 0 Å². The van der Waals surface area contributed by atoms with Gasteiger partial charge >= 0.3 is 0 Å². The van der Waals surface area contributed by atoms with Gasteiger partial charge < -0.3 is 14.8 Å². The van der Waals surface area contributed by atoms with Crippen LogP contribution in [0.2, 0.25) is 10.2 Å². The maximum Gasteiger partial charge on any atom is 0.191 e. The third-order valence-corrected chi connectivity index (χ3v) is 4.19. The van der Waals surface area contributed by atoms with Crippen molar-refractivity contribution in [1.82, 2.24) is 4.98 Å². The van der Waals surface area contributed by atoms with Crippen LogP contribution in [0.5, 0.6) is 11.5 Å². The molecule has 1 N–H and O–H groups in total. The fourth-order valence-corrected chi connectivity index (χ4v) is 2.36. The highest BCUT2D eigenvalue weighted by Gasteiger charge is 2.20. The molecule has 0 unspecified atom stereocenters. The minimum Gasteiger partial charge on any atom is -0.493 e. The third kappa shape index (κ3) is 3.43. The molecular weight excluding hydrogens is 349 g/mol. The van der Waals surface area contributed by atoms with Crippen molar-refractivity contribution in [2.45, 2.75) is 13.5 Å². The zero-order valence-corrected chi connectivity index (χ0v) is 14.1. The molecule has 0 bridgehead atoms. The van der Waals surface area contributed by atoms with E-state index in [1.165, 1.54) is 20.4 Å². The monoisotopic (exact) mass is 362 g/mol. The molecule has 0 radical (unpaired) electrons. The normalized spacial score (nSPS) is 10.6. The van der Waals surface area contributed by atoms with Gasteiger partial charge in [0.05, 0.1) is 19.2 Å². The first-order valence-electron chi connectivity index (χ1n) is 6.54. The van der Waals surface area contributed by atoms with Crippen molar-refractivity contribution in [1.29, 1.82) is 0 Å². The highest BCUT2D eigenvalue weighted by atomic mass is 35.5. The number of anilines is 1. The number of benzene rings is 1. The number of nitrogens with zero attached hydrogens (tertiary/aromatic N) is 1. The average Bonchev–Trinajstić information content (AvgIpc) is 2.54. The Hall–Kier alpha value is -1.79. The van der Waals surface area contributed by atoms with E-state index in [2.05, 4.69) is 10.3 Å². The van der Waals surface area contributed by atoms with Gasteiger partial charge in [-0.3, -0.25) is 0 Å². The van der Waals surface area contributed by atoms with Crippen molar-refractivity contribution in [2.24, 2.45) is 0 Å². The van der Waals surface area contributed by atoms with Crippen LogP contribution in [0.4, 0.5) is 14.5 Å². The Balaban J connectivity index is 2.36. The molecule has 0 saturated heterocycles. The number of hydrogen-bond acceptors (Lipinski definition) is 4. The van der Waals surface area contributed by atoms with Crippen LogP contribution in [0.1, 0.15) is 11.1 Å². The molecule has 8 heteroatoms. The lowest BCUT2D eigenvalue weighted by atomic mass is 10.2. The SMILES string of the molecule is COc1cc(OC)c(F)c(NCc2cnc(Cl)c(C)c2Cl)c1F. The largest absolute Gasteiger partial charge is 0.493 e. The van der Waals surface area contributed by atoms with Gasteiger partial charge in [0.25, 0.3) is 0 Å². The van der Waals surface area contributed by atoms with Crippen molar-refractivity contribution >= 4 is 28.9 Å². The Bertz CT molecular complexity index is 714. The first-order chi connectivity index (χ1) is 10.9. The van der Waals surface area contributed by atoms with Crippen molar-refractivity contribution in [3.05, 3.63) is 45.2 Å². The summed E-state index contributed by atoms with van der Waals surface area (Å²) in [7, 11) is 2.56. The van der Waals surface area contributed by atoms with Gasteiger partial charge in [-0.2, -0.15) is 0 Å². The van der Waals surface area contributed by atoms with Gasteiger partial charge in [-0.15, -0.1) is 0 Å². The van der Waals surface area contributed by atoms with E-state index in [-0.39, 0.29) is 28.9 Å². The number of methoxy groups -OCH3 is 2. The van der Waals surface area contributed by atoms with Gasteiger partial charge in [0.1, 0.15) is 10.8 Å². The first-order valence-corrected chi connectivity index (χ1v) is 7.29. The van der Waals surface area contributed by atoms with Gasteiger partial charge in [0.2, 0.25) is 0 Å². The van der Waals surface area contributed by atoms with Crippen molar-refractivity contribution in [3.8, 4) is 11.5 Å². The molecule has 4 nitrogen and oxygen atoms in total. The lowest BCUT2D eigenvalue weighted by Gasteiger charge is -2.15. The average molecular weight is 363 g/mol. The molecule has 0 aliphatic rings. The van der Waals surface area contributed by atoms with E-state index < -0.39 is 11.6 Å². The van der Waals surface area contributed by atoms with E-state index in [0.717, 1.165) is 6.07 Å². The lowest BCUT2D eigenvalue weighted by molar-refractivity contribution is 0.360. The lowest BCUT2D eigenvalue weighted by Crippen LogP contribution is -2.08. The zero-order chi connectivity index (χ0) is 17.1. The van der Waals surface area contributed by atoms with Crippen LogP contribution < -0.4 is 14.8 Å². The second kappa shape index (κ2) is 7.19. The minimum absolute atomic E-state index is 0.0496. The number of nitrogens with one attached hydrogen (secondary N) is 1. The summed E-state index contributed by atoms with van der Waals surface area (Å²) in [6, 6.07) is 1.14. The molecule has 1 heterocycles. The van der Waals surface area contributed by atoms with Crippen LogP contribution >= 0.6 is 23.2 Å². The minimum atomic E-state index is -0.861. The topological polar surface area (TPSA) is 43.4 Å². The molecule has 0 saturated carbocycles. The van der Waals surface area contributed by atoms with Crippen LogP contribution in [-0.2, 0) is 6.54 Å². The van der Waals surface area contributed by atoms with Crippen LogP contribution in [0.3, 0.4) is 0 Å². The molecule has 0 fully saturated rings. The second-order valence-electron chi connectivity index (χ2n) is 4.65. The smallest absolute Gasteiger partial charge is 0.191 e. The van der Waals surface area contributed by atoms with Crippen molar-refractivity contribution in [3.63, 3.8) is 0 Å². The summed E-state index contributed by atoms with van der Waals surface area (Å²) in [6.07, 6.45) is 1.44. The Labute approximate surface area is 142 Å². The molecule has 2 aromatic rings. The molecule has 1 aromatic carbocycles. The standard InChI is InChI=1S/C15H14Cl2F2N2O2/c1-7-11(16)8(6-21-15(7)17)5-20-14-12(18)9(22-2)4-10(23-3)13(14)19/h4,6,20H,5H2,1-3H3. The maximum atomic E-state index is 14.2. The number of rotatable bonds is 5. The van der Waals surface area contributed by atoms with E-state index in [1.54, 1.807) is 6.92 Å². The Morgan fingerprint density at radius 1 is 1.13 bits per heavy atom. The molecular formula is C15H14Cl2F2N2O2. The van der Waals surface area contributed by atoms with E-state index in [1.807, 2.05) is 0 Å². The molecule has 1 aromatic heterocycles. The van der Waals surface area contributed by atoms with Gasteiger partial charge in [-0.1, -0.05) is 23.2 Å². The molecule has 124 valence electrons. The Morgan fingerprint density at radius 2 is 1.70 bits per heavy atom. The van der Waals surface area contributed by atoms with Gasteiger partial charge in [0, 0.05) is 29.9 Å². The summed E-state index contributed by atoms with van der Waals surface area (Å²) in [6.45, 7) is 1.75. The number of pyridine rings is 1. The highest BCUT2D eigenvalue weighted by Crippen LogP contribution is 2.35. The number of ether oxygens (including phenoxy) is 2. The summed E-state index contributed by atoms with van der Waals surface area (Å²) >= 11 is 12.0. The maximum absolute atomic E-state index is 14.2. The molecule has 0 spiro atoms. The second-order valence-corrected chi connectivity index (χ2v) is 5.39. The summed E-state index contributed by atoms with van der Waals surface area (Å²) in [5, 5.41) is 3.32. The van der Waals surface area contributed by atoms with Crippen molar-refractivity contribution in [2.75, 3.05) is 19.5 Å². The van der Waals surface area contributed by atoms with Crippen LogP contribution in [0.15, 0.2) is 12.3 Å². The number of aromatic nitrogens is 1. The van der Waals surface area contributed by atoms with Crippen LogP contribution in [0.25, 0.3) is 0 Å². The molecule has 2 rings (SSSR count). The fraction of sp³-hybridized carbons (Fsp3) is 0.267. The van der Waals surface area contributed by atoms with Gasteiger partial charge in [0.15, 0.2) is 23.1 Å². The summed E-state index contributed by atoms with van der Waals surface area (Å²) < 4.78 is 38.2. The van der Waals surface area contributed by atoms with Crippen LogP contribution in [-0.4, -0.2) is 19.2 Å². The first kappa shape index (κ1) is 17.6. The number of hydrogen-bond donors (Lipinski definition) is 1. The Kier molecular flexibility index (Phi) is 5.49. The molecule has 0 aliphatic heterocycles. The predicted molar refractivity (Wildman–Crippen MR) is 85.8 cm³/mol. The summed E-state index contributed by atoms with van der Waals surface area (Å²) in [4.78, 5) is 3.97. The molecule has 0 aliphatic carbocycles.